The summed E-state index contributed by atoms with van der Waals surface area (Å²) in [5.41, 5.74) is 0.811. The molecule has 0 aromatic heterocycles. The topological polar surface area (TPSA) is 63.2 Å². The molecule has 0 unspecified atom stereocenters. The van der Waals surface area contributed by atoms with Gasteiger partial charge in [0.05, 0.1) is 17.1 Å². The number of nitrogens with one attached hydrogen (secondary N) is 1. The number of hydrogen-bond donors (Lipinski definition) is 1. The lowest BCUT2D eigenvalue weighted by molar-refractivity contribution is 0.0930. The smallest absolute Gasteiger partial charge is 0.254 e. The number of carbonyl (C=O) groups is 1. The molecule has 1 aliphatic rings. The molecule has 0 radical (unpaired) electrons. The van der Waals surface area contributed by atoms with Crippen molar-refractivity contribution in [2.75, 3.05) is 11.5 Å². The molecule has 0 aliphatic carbocycles. The van der Waals surface area contributed by atoms with Crippen molar-refractivity contribution < 1.29 is 17.6 Å². The summed E-state index contributed by atoms with van der Waals surface area (Å²) in [5.74, 6) is -0.889. The van der Waals surface area contributed by atoms with Crippen LogP contribution < -0.4 is 5.32 Å². The van der Waals surface area contributed by atoms with E-state index >= 15 is 0 Å². The Morgan fingerprint density at radius 1 is 1.32 bits per heavy atom. The van der Waals surface area contributed by atoms with Crippen LogP contribution in [0, 0.1) is 12.7 Å². The summed E-state index contributed by atoms with van der Waals surface area (Å²) in [7, 11) is -2.96. The first-order valence-electron chi connectivity index (χ1n) is 6.15. The van der Waals surface area contributed by atoms with Crippen molar-refractivity contribution >= 4 is 15.7 Å². The maximum absolute atomic E-state index is 13.5. The summed E-state index contributed by atoms with van der Waals surface area (Å²) < 4.78 is 36.1. The molecule has 0 spiro atoms. The molecule has 0 atom stereocenters. The highest BCUT2D eigenvalue weighted by Gasteiger charge is 2.25. The van der Waals surface area contributed by atoms with E-state index < -0.39 is 21.6 Å². The predicted octanol–water partition coefficient (Wildman–Crippen LogP) is 1.44. The molecule has 1 aromatic rings. The van der Waals surface area contributed by atoms with Gasteiger partial charge in [-0.25, -0.2) is 12.8 Å². The monoisotopic (exact) mass is 285 g/mol. The molecule has 1 fully saturated rings. The van der Waals surface area contributed by atoms with Crippen molar-refractivity contribution in [1.29, 1.82) is 0 Å². The third-order valence-corrected chi connectivity index (χ3v) is 4.97. The average Bonchev–Trinajstić information content (AvgIpc) is 2.35. The number of hydrogen-bond acceptors (Lipinski definition) is 3. The fourth-order valence-electron chi connectivity index (χ4n) is 2.11. The number of benzene rings is 1. The lowest BCUT2D eigenvalue weighted by atomic mass is 10.1. The lowest BCUT2D eigenvalue weighted by Crippen LogP contribution is -2.41. The van der Waals surface area contributed by atoms with Gasteiger partial charge in [0.1, 0.15) is 15.7 Å². The van der Waals surface area contributed by atoms with Gasteiger partial charge in [-0.15, -0.1) is 0 Å². The Labute approximate surface area is 111 Å². The molecule has 0 bridgehead atoms. The van der Waals surface area contributed by atoms with Crippen molar-refractivity contribution in [1.82, 2.24) is 5.32 Å². The van der Waals surface area contributed by atoms with Crippen molar-refractivity contribution in [2.24, 2.45) is 0 Å². The van der Waals surface area contributed by atoms with Gasteiger partial charge in [-0.2, -0.15) is 0 Å². The number of sulfone groups is 1. The van der Waals surface area contributed by atoms with Gasteiger partial charge < -0.3 is 5.32 Å². The van der Waals surface area contributed by atoms with Gasteiger partial charge in [0.2, 0.25) is 0 Å². The fraction of sp³-hybridized carbons (Fsp3) is 0.462. The third kappa shape index (κ3) is 3.53. The highest BCUT2D eigenvalue weighted by atomic mass is 32.2. The summed E-state index contributed by atoms with van der Waals surface area (Å²) in [4.78, 5) is 11.9. The van der Waals surface area contributed by atoms with E-state index in [-0.39, 0.29) is 23.1 Å². The molecule has 0 saturated carbocycles. The molecule has 6 heteroatoms. The molecule has 1 N–H and O–H groups in total. The molecule has 2 rings (SSSR count). The third-order valence-electron chi connectivity index (χ3n) is 3.26. The molecule has 19 heavy (non-hydrogen) atoms. The highest BCUT2D eigenvalue weighted by molar-refractivity contribution is 7.91. The average molecular weight is 285 g/mol. The highest BCUT2D eigenvalue weighted by Crippen LogP contribution is 2.14. The first-order chi connectivity index (χ1) is 8.87. The number of aryl methyl sites for hydroxylation is 1. The number of rotatable bonds is 2. The van der Waals surface area contributed by atoms with Gasteiger partial charge >= 0.3 is 0 Å². The minimum Gasteiger partial charge on any atom is -0.349 e. The Morgan fingerprint density at radius 3 is 2.58 bits per heavy atom. The standard InChI is InChI=1S/C13H16FNO3S/c1-9-2-3-12(14)11(8-9)13(16)15-10-4-6-19(17,18)7-5-10/h2-3,8,10H,4-7H2,1H3,(H,15,16). The molecule has 104 valence electrons. The maximum atomic E-state index is 13.5. The predicted molar refractivity (Wildman–Crippen MR) is 70.3 cm³/mol. The molecule has 1 aliphatic heterocycles. The second-order valence-corrected chi connectivity index (χ2v) is 7.19. The van der Waals surface area contributed by atoms with Gasteiger partial charge in [0.15, 0.2) is 0 Å². The van der Waals surface area contributed by atoms with E-state index in [1.165, 1.54) is 12.1 Å². The minimum atomic E-state index is -2.96. The zero-order chi connectivity index (χ0) is 14.0. The number of halogens is 1. The summed E-state index contributed by atoms with van der Waals surface area (Å²) in [6.45, 7) is 1.78. The van der Waals surface area contributed by atoms with E-state index in [0.29, 0.717) is 12.8 Å². The van der Waals surface area contributed by atoms with Crippen LogP contribution in [0.25, 0.3) is 0 Å². The van der Waals surface area contributed by atoms with Crippen molar-refractivity contribution in [3.8, 4) is 0 Å². The molecule has 1 saturated heterocycles. The van der Waals surface area contributed by atoms with Crippen LogP contribution in [0.3, 0.4) is 0 Å². The van der Waals surface area contributed by atoms with Crippen molar-refractivity contribution in [3.63, 3.8) is 0 Å². The van der Waals surface area contributed by atoms with E-state index in [1.807, 2.05) is 0 Å². The fourth-order valence-corrected chi connectivity index (χ4v) is 3.60. The molecule has 1 amide bonds. The van der Waals surface area contributed by atoms with Gasteiger partial charge in [0, 0.05) is 6.04 Å². The minimum absolute atomic E-state index is 0.00781. The largest absolute Gasteiger partial charge is 0.349 e. The van der Waals surface area contributed by atoms with Crippen LogP contribution in [0.15, 0.2) is 18.2 Å². The summed E-state index contributed by atoms with van der Waals surface area (Å²) in [5, 5.41) is 2.70. The summed E-state index contributed by atoms with van der Waals surface area (Å²) in [6.07, 6.45) is 0.781. The second kappa shape index (κ2) is 5.28. The van der Waals surface area contributed by atoms with E-state index in [1.54, 1.807) is 13.0 Å². The van der Waals surface area contributed by atoms with E-state index in [0.717, 1.165) is 5.56 Å². The molecule has 1 aromatic carbocycles. The Hall–Kier alpha value is -1.43. The Balaban J connectivity index is 2.04. The molecular formula is C13H16FNO3S. The van der Waals surface area contributed by atoms with Crippen LogP contribution >= 0.6 is 0 Å². The Morgan fingerprint density at radius 2 is 1.95 bits per heavy atom. The van der Waals surface area contributed by atoms with Crippen LogP contribution in [0.4, 0.5) is 4.39 Å². The number of carbonyl (C=O) groups excluding carboxylic acids is 1. The van der Waals surface area contributed by atoms with Gasteiger partial charge in [0.25, 0.3) is 5.91 Å². The first-order valence-corrected chi connectivity index (χ1v) is 7.97. The van der Waals surface area contributed by atoms with E-state index in [9.17, 15) is 17.6 Å². The van der Waals surface area contributed by atoms with E-state index in [2.05, 4.69) is 5.32 Å². The summed E-state index contributed by atoms with van der Waals surface area (Å²) >= 11 is 0. The van der Waals surface area contributed by atoms with Gasteiger partial charge in [-0.1, -0.05) is 11.6 Å². The quantitative estimate of drug-likeness (QED) is 0.894. The van der Waals surface area contributed by atoms with Gasteiger partial charge in [-0.3, -0.25) is 4.79 Å². The van der Waals surface area contributed by atoms with Gasteiger partial charge in [-0.05, 0) is 31.9 Å². The van der Waals surface area contributed by atoms with Crippen LogP contribution in [-0.2, 0) is 9.84 Å². The van der Waals surface area contributed by atoms with Crippen molar-refractivity contribution in [2.45, 2.75) is 25.8 Å². The SMILES string of the molecule is Cc1ccc(F)c(C(=O)NC2CCS(=O)(=O)CC2)c1. The van der Waals surface area contributed by atoms with Crippen LogP contribution in [0.5, 0.6) is 0 Å². The number of amides is 1. The van der Waals surface area contributed by atoms with Crippen LogP contribution in [0.2, 0.25) is 0 Å². The summed E-state index contributed by atoms with van der Waals surface area (Å²) in [6, 6.07) is 4.15. The van der Waals surface area contributed by atoms with Crippen LogP contribution in [-0.4, -0.2) is 31.9 Å². The normalized spacial score (nSPS) is 19.1. The first kappa shape index (κ1) is 14.0. The maximum Gasteiger partial charge on any atom is 0.254 e. The zero-order valence-corrected chi connectivity index (χ0v) is 11.5. The van der Waals surface area contributed by atoms with Crippen LogP contribution in [0.1, 0.15) is 28.8 Å². The lowest BCUT2D eigenvalue weighted by Gasteiger charge is -2.23. The zero-order valence-electron chi connectivity index (χ0n) is 10.6. The Bertz CT molecular complexity index is 584. The van der Waals surface area contributed by atoms with Crippen molar-refractivity contribution in [3.05, 3.63) is 35.1 Å². The molecular weight excluding hydrogens is 269 g/mol. The van der Waals surface area contributed by atoms with E-state index in [4.69, 9.17) is 0 Å². The molecule has 4 nitrogen and oxygen atoms in total. The second-order valence-electron chi connectivity index (χ2n) is 4.88. The Kier molecular flexibility index (Phi) is 3.89. The molecule has 1 heterocycles.